The predicted octanol–water partition coefficient (Wildman–Crippen LogP) is -0.260. The first-order valence-electron chi connectivity index (χ1n) is 5.74. The van der Waals surface area contributed by atoms with Gasteiger partial charge < -0.3 is 15.5 Å². The number of hydrogen-bond donors (Lipinski definition) is 3. The second-order valence-corrected chi connectivity index (χ2v) is 4.34. The van der Waals surface area contributed by atoms with E-state index in [9.17, 15) is 0 Å². The Morgan fingerprint density at radius 1 is 1.56 bits per heavy atom. The normalized spacial score (nSPS) is 20.1. The largest absolute Gasteiger partial charge is 0.395 e. The van der Waals surface area contributed by atoms with Gasteiger partial charge in [0.15, 0.2) is 0 Å². The molecule has 1 aromatic rings. The minimum Gasteiger partial charge on any atom is -0.395 e. The van der Waals surface area contributed by atoms with Crippen molar-refractivity contribution in [3.8, 4) is 0 Å². The molecule has 1 unspecified atom stereocenters. The molecule has 90 valence electrons. The summed E-state index contributed by atoms with van der Waals surface area (Å²) in [5.74, 6) is 0. The molecule has 1 aliphatic carbocycles. The van der Waals surface area contributed by atoms with Gasteiger partial charge in [-0.25, -0.2) is 0 Å². The van der Waals surface area contributed by atoms with Crippen LogP contribution in [-0.2, 0) is 13.5 Å². The topological polar surface area (TPSA) is 70.3 Å². The zero-order valence-electron chi connectivity index (χ0n) is 9.56. The molecule has 1 aliphatic rings. The zero-order chi connectivity index (χ0) is 11.5. The van der Waals surface area contributed by atoms with Crippen molar-refractivity contribution in [2.75, 3.05) is 13.2 Å². The standard InChI is InChI=1S/C11H19N3O2/c1-14-11-4-2-3-10(9(11)5-12-14)13-8(6-15)7-16/h5,8,10,13,15-16H,2-4,6-7H2,1H3. The summed E-state index contributed by atoms with van der Waals surface area (Å²) in [5, 5.41) is 25.7. The van der Waals surface area contributed by atoms with E-state index in [4.69, 9.17) is 10.2 Å². The summed E-state index contributed by atoms with van der Waals surface area (Å²) < 4.78 is 1.91. The van der Waals surface area contributed by atoms with Gasteiger partial charge in [0.25, 0.3) is 0 Å². The molecule has 5 heteroatoms. The molecule has 0 aromatic carbocycles. The molecule has 0 saturated heterocycles. The Morgan fingerprint density at radius 3 is 3.00 bits per heavy atom. The maximum atomic E-state index is 9.07. The molecule has 0 saturated carbocycles. The van der Waals surface area contributed by atoms with E-state index in [2.05, 4.69) is 10.4 Å². The maximum absolute atomic E-state index is 9.07. The van der Waals surface area contributed by atoms with Gasteiger partial charge in [-0.05, 0) is 19.3 Å². The lowest BCUT2D eigenvalue weighted by atomic mass is 9.92. The van der Waals surface area contributed by atoms with Crippen molar-refractivity contribution in [2.24, 2.45) is 7.05 Å². The van der Waals surface area contributed by atoms with Gasteiger partial charge in [0.2, 0.25) is 0 Å². The quantitative estimate of drug-likeness (QED) is 0.660. The summed E-state index contributed by atoms with van der Waals surface area (Å²) in [5.41, 5.74) is 2.47. The summed E-state index contributed by atoms with van der Waals surface area (Å²) >= 11 is 0. The smallest absolute Gasteiger partial charge is 0.0607 e. The van der Waals surface area contributed by atoms with Crippen LogP contribution in [0.2, 0.25) is 0 Å². The second-order valence-electron chi connectivity index (χ2n) is 4.34. The second kappa shape index (κ2) is 4.95. The lowest BCUT2D eigenvalue weighted by Gasteiger charge is -2.27. The Morgan fingerprint density at radius 2 is 2.31 bits per heavy atom. The molecule has 0 fully saturated rings. The number of aliphatic hydroxyl groups excluding tert-OH is 2. The van der Waals surface area contributed by atoms with Crippen molar-refractivity contribution in [3.63, 3.8) is 0 Å². The molecule has 2 rings (SSSR count). The molecular weight excluding hydrogens is 206 g/mol. The Kier molecular flexibility index (Phi) is 3.58. The van der Waals surface area contributed by atoms with E-state index >= 15 is 0 Å². The van der Waals surface area contributed by atoms with Gasteiger partial charge in [0.1, 0.15) is 0 Å². The van der Waals surface area contributed by atoms with E-state index in [0.717, 1.165) is 19.3 Å². The van der Waals surface area contributed by atoms with Crippen molar-refractivity contribution < 1.29 is 10.2 Å². The molecule has 0 amide bonds. The highest BCUT2D eigenvalue weighted by atomic mass is 16.3. The first kappa shape index (κ1) is 11.6. The monoisotopic (exact) mass is 225 g/mol. The minimum atomic E-state index is -0.240. The predicted molar refractivity (Wildman–Crippen MR) is 60.0 cm³/mol. The summed E-state index contributed by atoms with van der Waals surface area (Å²) in [4.78, 5) is 0. The van der Waals surface area contributed by atoms with Crippen LogP contribution in [0, 0.1) is 0 Å². The Hall–Kier alpha value is -0.910. The van der Waals surface area contributed by atoms with Crippen LogP contribution in [0.4, 0.5) is 0 Å². The fraction of sp³-hybridized carbons (Fsp3) is 0.727. The van der Waals surface area contributed by atoms with Crippen molar-refractivity contribution in [1.82, 2.24) is 15.1 Å². The lowest BCUT2D eigenvalue weighted by molar-refractivity contribution is 0.159. The molecular formula is C11H19N3O2. The molecule has 0 radical (unpaired) electrons. The number of hydrogen-bond acceptors (Lipinski definition) is 4. The van der Waals surface area contributed by atoms with Gasteiger partial charge in [-0.1, -0.05) is 0 Å². The van der Waals surface area contributed by atoms with Crippen LogP contribution in [-0.4, -0.2) is 39.2 Å². The van der Waals surface area contributed by atoms with Crippen molar-refractivity contribution in [2.45, 2.75) is 31.3 Å². The van der Waals surface area contributed by atoms with Crippen LogP contribution in [0.5, 0.6) is 0 Å². The summed E-state index contributed by atoms with van der Waals surface area (Å²) in [6, 6.07) is -0.0297. The molecule has 1 atom stereocenters. The zero-order valence-corrected chi connectivity index (χ0v) is 9.56. The molecule has 3 N–H and O–H groups in total. The van der Waals surface area contributed by atoms with Crippen LogP contribution in [0.3, 0.4) is 0 Å². The van der Waals surface area contributed by atoms with Gasteiger partial charge in [-0.3, -0.25) is 4.68 Å². The van der Waals surface area contributed by atoms with E-state index in [0.29, 0.717) is 0 Å². The molecule has 16 heavy (non-hydrogen) atoms. The number of aryl methyl sites for hydroxylation is 1. The maximum Gasteiger partial charge on any atom is 0.0607 e. The number of aromatic nitrogens is 2. The fourth-order valence-corrected chi connectivity index (χ4v) is 2.33. The first-order chi connectivity index (χ1) is 7.76. The number of fused-ring (bicyclic) bond motifs is 1. The van der Waals surface area contributed by atoms with Crippen molar-refractivity contribution in [3.05, 3.63) is 17.5 Å². The van der Waals surface area contributed by atoms with Crippen LogP contribution in [0.25, 0.3) is 0 Å². The van der Waals surface area contributed by atoms with E-state index in [1.165, 1.54) is 11.3 Å². The van der Waals surface area contributed by atoms with Crippen molar-refractivity contribution in [1.29, 1.82) is 0 Å². The number of nitrogens with one attached hydrogen (secondary N) is 1. The molecule has 0 spiro atoms. The van der Waals surface area contributed by atoms with E-state index in [1.54, 1.807) is 0 Å². The lowest BCUT2D eigenvalue weighted by Crippen LogP contribution is -2.39. The van der Waals surface area contributed by atoms with Crippen molar-refractivity contribution >= 4 is 0 Å². The van der Waals surface area contributed by atoms with Gasteiger partial charge >= 0.3 is 0 Å². The molecule has 1 heterocycles. The third-order valence-electron chi connectivity index (χ3n) is 3.25. The Labute approximate surface area is 95.1 Å². The molecule has 0 bridgehead atoms. The van der Waals surface area contributed by atoms with Gasteiger partial charge in [-0.15, -0.1) is 0 Å². The summed E-state index contributed by atoms with van der Waals surface area (Å²) in [6.07, 6.45) is 5.11. The third-order valence-corrected chi connectivity index (χ3v) is 3.25. The van der Waals surface area contributed by atoms with E-state index in [-0.39, 0.29) is 25.3 Å². The molecule has 0 aliphatic heterocycles. The SMILES string of the molecule is Cn1ncc2c1CCCC2NC(CO)CO. The highest BCUT2D eigenvalue weighted by Crippen LogP contribution is 2.29. The van der Waals surface area contributed by atoms with Crippen LogP contribution < -0.4 is 5.32 Å². The van der Waals surface area contributed by atoms with Gasteiger partial charge in [-0.2, -0.15) is 5.10 Å². The number of nitrogens with zero attached hydrogens (tertiary/aromatic N) is 2. The van der Waals surface area contributed by atoms with Crippen LogP contribution in [0.1, 0.15) is 30.1 Å². The third kappa shape index (κ3) is 2.11. The first-order valence-corrected chi connectivity index (χ1v) is 5.74. The van der Waals surface area contributed by atoms with E-state index < -0.39 is 0 Å². The minimum absolute atomic E-state index is 0.0391. The fourth-order valence-electron chi connectivity index (χ4n) is 2.33. The Bertz CT molecular complexity index is 347. The summed E-state index contributed by atoms with van der Waals surface area (Å²) in [7, 11) is 1.96. The molecule has 5 nitrogen and oxygen atoms in total. The number of aliphatic hydroxyl groups is 2. The average molecular weight is 225 g/mol. The van der Waals surface area contributed by atoms with Gasteiger partial charge in [0.05, 0.1) is 25.5 Å². The van der Waals surface area contributed by atoms with Crippen LogP contribution in [0.15, 0.2) is 6.20 Å². The number of rotatable bonds is 4. The van der Waals surface area contributed by atoms with Gasteiger partial charge in [0, 0.05) is 24.3 Å². The Balaban J connectivity index is 2.12. The molecule has 1 aromatic heterocycles. The average Bonchev–Trinajstić information content (AvgIpc) is 2.69. The van der Waals surface area contributed by atoms with Crippen LogP contribution >= 0.6 is 0 Å². The summed E-state index contributed by atoms with van der Waals surface area (Å²) in [6.45, 7) is -0.0782. The highest BCUT2D eigenvalue weighted by Gasteiger charge is 2.24. The van der Waals surface area contributed by atoms with E-state index in [1.807, 2.05) is 17.9 Å². The highest BCUT2D eigenvalue weighted by molar-refractivity contribution is 5.24.